The minimum Gasteiger partial charge on any atom is -0.550 e. The molecule has 0 bridgehead atoms. The molecule has 0 unspecified atom stereocenters. The van der Waals surface area contributed by atoms with E-state index in [2.05, 4.69) is 0 Å². The van der Waals surface area contributed by atoms with E-state index < -0.39 is 16.8 Å². The molecule has 0 saturated carbocycles. The minimum atomic E-state index is -1.05. The zero-order valence-corrected chi connectivity index (χ0v) is 10.6. The molecule has 7 nitrogen and oxygen atoms in total. The van der Waals surface area contributed by atoms with Crippen molar-refractivity contribution in [3.05, 3.63) is 33.9 Å². The number of hydrogen-bond donors (Lipinski definition) is 0. The van der Waals surface area contributed by atoms with Crippen LogP contribution in [0, 0.1) is 27.4 Å². The second kappa shape index (κ2) is 5.57. The summed E-state index contributed by atoms with van der Waals surface area (Å²) in [5.41, 5.74) is 0.705. The summed E-state index contributed by atoms with van der Waals surface area (Å²) in [6.45, 7) is 0.982. The van der Waals surface area contributed by atoms with Gasteiger partial charge in [-0.1, -0.05) is 0 Å². The number of piperidine rings is 1. The van der Waals surface area contributed by atoms with Gasteiger partial charge in [0.2, 0.25) is 0 Å². The Hall–Kier alpha value is -2.62. The van der Waals surface area contributed by atoms with Crippen LogP contribution in [0.1, 0.15) is 18.4 Å². The maximum absolute atomic E-state index is 10.8. The lowest BCUT2D eigenvalue weighted by atomic mass is 9.96. The molecule has 1 saturated heterocycles. The summed E-state index contributed by atoms with van der Waals surface area (Å²) in [7, 11) is 0. The number of nitro groups is 1. The van der Waals surface area contributed by atoms with Gasteiger partial charge in [0, 0.05) is 37.1 Å². The fraction of sp³-hybridized carbons (Fsp3) is 0.385. The highest BCUT2D eigenvalue weighted by Crippen LogP contribution is 2.28. The van der Waals surface area contributed by atoms with Gasteiger partial charge in [-0.15, -0.1) is 0 Å². The van der Waals surface area contributed by atoms with E-state index in [1.165, 1.54) is 18.2 Å². The summed E-state index contributed by atoms with van der Waals surface area (Å²) in [5, 5.41) is 30.6. The average molecular weight is 274 g/mol. The number of hydrogen-bond acceptors (Lipinski definition) is 6. The number of nitrogens with zero attached hydrogens (tertiary/aromatic N) is 3. The van der Waals surface area contributed by atoms with Gasteiger partial charge in [0.05, 0.1) is 16.2 Å². The molecule has 0 aromatic heterocycles. The van der Waals surface area contributed by atoms with Crippen molar-refractivity contribution >= 4 is 17.3 Å². The molecule has 0 spiro atoms. The van der Waals surface area contributed by atoms with E-state index in [0.29, 0.717) is 31.6 Å². The molecule has 1 aromatic carbocycles. The highest BCUT2D eigenvalue weighted by atomic mass is 16.6. The fourth-order valence-corrected chi connectivity index (χ4v) is 2.36. The number of carbonyl (C=O) groups is 1. The van der Waals surface area contributed by atoms with E-state index in [4.69, 9.17) is 5.26 Å². The highest BCUT2D eigenvalue weighted by Gasteiger charge is 2.22. The van der Waals surface area contributed by atoms with Crippen molar-refractivity contribution in [2.24, 2.45) is 5.92 Å². The number of nitro benzene ring substituents is 1. The third-order valence-corrected chi connectivity index (χ3v) is 3.48. The molecule has 0 radical (unpaired) electrons. The highest BCUT2D eigenvalue weighted by molar-refractivity contribution is 5.69. The van der Waals surface area contributed by atoms with Crippen LogP contribution >= 0.6 is 0 Å². The van der Waals surface area contributed by atoms with E-state index >= 15 is 0 Å². The molecule has 1 fully saturated rings. The Morgan fingerprint density at radius 2 is 2.05 bits per heavy atom. The van der Waals surface area contributed by atoms with Gasteiger partial charge in [-0.05, 0) is 18.9 Å². The molecular weight excluding hydrogens is 262 g/mol. The first-order valence-electron chi connectivity index (χ1n) is 6.17. The molecule has 0 atom stereocenters. The first kappa shape index (κ1) is 13.8. The van der Waals surface area contributed by atoms with Crippen LogP contribution in [-0.4, -0.2) is 24.0 Å². The van der Waals surface area contributed by atoms with E-state index in [9.17, 15) is 20.0 Å². The second-order valence-corrected chi connectivity index (χ2v) is 4.65. The Bertz CT molecular complexity index is 586. The van der Waals surface area contributed by atoms with Crippen molar-refractivity contribution in [3.63, 3.8) is 0 Å². The topological polar surface area (TPSA) is 110 Å². The molecular formula is C13H12N3O4-. The van der Waals surface area contributed by atoms with Gasteiger partial charge in [0.1, 0.15) is 6.07 Å². The monoisotopic (exact) mass is 274 g/mol. The summed E-state index contributed by atoms with van der Waals surface area (Å²) < 4.78 is 0. The summed E-state index contributed by atoms with van der Waals surface area (Å²) in [6.07, 6.45) is 0.897. The molecule has 1 aromatic rings. The van der Waals surface area contributed by atoms with Crippen LogP contribution in [0.4, 0.5) is 11.4 Å². The maximum Gasteiger partial charge on any atom is 0.270 e. The predicted octanol–water partition coefficient (Wildman–Crippen LogP) is 0.433. The Morgan fingerprint density at radius 3 is 2.55 bits per heavy atom. The van der Waals surface area contributed by atoms with Crippen LogP contribution in [0.25, 0.3) is 0 Å². The summed E-state index contributed by atoms with van der Waals surface area (Å²) in [4.78, 5) is 22.8. The van der Waals surface area contributed by atoms with Gasteiger partial charge in [0.15, 0.2) is 0 Å². The van der Waals surface area contributed by atoms with Crippen LogP contribution in [0.3, 0.4) is 0 Å². The first-order chi connectivity index (χ1) is 9.52. The minimum absolute atomic E-state index is 0.130. The molecule has 7 heteroatoms. The second-order valence-electron chi connectivity index (χ2n) is 4.65. The van der Waals surface area contributed by atoms with E-state index in [1.807, 2.05) is 11.0 Å². The van der Waals surface area contributed by atoms with Crippen molar-refractivity contribution in [2.75, 3.05) is 18.0 Å². The number of rotatable bonds is 3. The van der Waals surface area contributed by atoms with Crippen molar-refractivity contribution in [3.8, 4) is 6.07 Å². The third kappa shape index (κ3) is 2.69. The van der Waals surface area contributed by atoms with Gasteiger partial charge in [-0.3, -0.25) is 10.1 Å². The van der Waals surface area contributed by atoms with E-state index in [-0.39, 0.29) is 11.3 Å². The molecule has 20 heavy (non-hydrogen) atoms. The van der Waals surface area contributed by atoms with Gasteiger partial charge in [0.25, 0.3) is 5.69 Å². The SMILES string of the molecule is N#Cc1cc([N+](=O)[O-])ccc1N1CCC(C(=O)[O-])CC1. The standard InChI is InChI=1S/C13H13N3O4/c14-8-10-7-11(16(19)20)1-2-12(10)15-5-3-9(4-6-15)13(17)18/h1-2,7,9H,3-6H2,(H,17,18)/p-1. The van der Waals surface area contributed by atoms with Gasteiger partial charge < -0.3 is 14.8 Å². The zero-order valence-electron chi connectivity index (χ0n) is 10.6. The Kier molecular flexibility index (Phi) is 3.84. The molecule has 1 aliphatic rings. The maximum atomic E-state index is 10.8. The number of anilines is 1. The lowest BCUT2D eigenvalue weighted by molar-refractivity contribution is -0.384. The van der Waals surface area contributed by atoms with Crippen LogP contribution in [-0.2, 0) is 4.79 Å². The van der Waals surface area contributed by atoms with E-state index in [1.54, 1.807) is 0 Å². The van der Waals surface area contributed by atoms with Crippen molar-refractivity contribution in [1.82, 2.24) is 0 Å². The third-order valence-electron chi connectivity index (χ3n) is 3.48. The number of nitriles is 1. The Balaban J connectivity index is 2.20. The molecule has 1 heterocycles. The Labute approximate surface area is 115 Å². The molecule has 0 amide bonds. The molecule has 104 valence electrons. The van der Waals surface area contributed by atoms with Crippen molar-refractivity contribution in [2.45, 2.75) is 12.8 Å². The normalized spacial score (nSPS) is 15.7. The number of benzene rings is 1. The molecule has 0 N–H and O–H groups in total. The molecule has 1 aliphatic heterocycles. The van der Waals surface area contributed by atoms with Gasteiger partial charge in [-0.2, -0.15) is 5.26 Å². The van der Waals surface area contributed by atoms with Gasteiger partial charge >= 0.3 is 0 Å². The molecule has 0 aliphatic carbocycles. The van der Waals surface area contributed by atoms with Crippen LogP contribution in [0.2, 0.25) is 0 Å². The number of carboxylic acid groups (broad SMARTS) is 1. The van der Waals surface area contributed by atoms with Gasteiger partial charge in [-0.25, -0.2) is 0 Å². The Morgan fingerprint density at radius 1 is 1.40 bits per heavy atom. The van der Waals surface area contributed by atoms with Crippen molar-refractivity contribution in [1.29, 1.82) is 5.26 Å². The lowest BCUT2D eigenvalue weighted by Gasteiger charge is -2.34. The first-order valence-corrected chi connectivity index (χ1v) is 6.17. The van der Waals surface area contributed by atoms with Crippen molar-refractivity contribution < 1.29 is 14.8 Å². The van der Waals surface area contributed by atoms with Crippen LogP contribution in [0.5, 0.6) is 0 Å². The summed E-state index contributed by atoms with van der Waals surface area (Å²) >= 11 is 0. The van der Waals surface area contributed by atoms with Crippen LogP contribution in [0.15, 0.2) is 18.2 Å². The smallest absolute Gasteiger partial charge is 0.270 e. The average Bonchev–Trinajstić information content (AvgIpc) is 2.46. The quantitative estimate of drug-likeness (QED) is 0.584. The number of carbonyl (C=O) groups excluding carboxylic acids is 1. The zero-order chi connectivity index (χ0) is 14.7. The number of carboxylic acids is 1. The lowest BCUT2D eigenvalue weighted by Crippen LogP contribution is -2.41. The fourth-order valence-electron chi connectivity index (χ4n) is 2.36. The molecule has 2 rings (SSSR count). The van der Waals surface area contributed by atoms with Crippen LogP contribution < -0.4 is 10.0 Å². The van der Waals surface area contributed by atoms with E-state index in [0.717, 1.165) is 0 Å². The summed E-state index contributed by atoms with van der Waals surface area (Å²) in [6, 6.07) is 6.07. The number of aliphatic carboxylic acids is 1. The largest absolute Gasteiger partial charge is 0.550 e. The predicted molar refractivity (Wildman–Crippen MR) is 67.8 cm³/mol. The summed E-state index contributed by atoms with van der Waals surface area (Å²) in [5.74, 6) is -1.51. The number of non-ortho nitro benzene ring substituents is 1.